The summed E-state index contributed by atoms with van der Waals surface area (Å²) in [5.41, 5.74) is -2.27. The molecule has 2 aromatic heterocycles. The summed E-state index contributed by atoms with van der Waals surface area (Å²) in [7, 11) is 5.72. The van der Waals surface area contributed by atoms with E-state index in [1.165, 1.54) is 31.9 Å². The molecule has 0 fully saturated rings. The number of halogens is 1. The van der Waals surface area contributed by atoms with Crippen LogP contribution in [0, 0.1) is 12.8 Å². The van der Waals surface area contributed by atoms with Crippen LogP contribution in [0.5, 0.6) is 17.2 Å². The molecule has 1 N–H and O–H groups in total. The molecule has 12 heteroatoms. The molecule has 11 nitrogen and oxygen atoms in total. The van der Waals surface area contributed by atoms with Crippen LogP contribution in [0.25, 0.3) is 0 Å². The highest BCUT2D eigenvalue weighted by molar-refractivity contribution is 6.36. The molecule has 208 valence electrons. The molecule has 40 heavy (non-hydrogen) atoms. The quantitative estimate of drug-likeness (QED) is 0.474. The van der Waals surface area contributed by atoms with E-state index in [0.717, 1.165) is 4.57 Å². The second kappa shape index (κ2) is 8.62. The van der Waals surface area contributed by atoms with Gasteiger partial charge in [-0.3, -0.25) is 23.5 Å². The highest BCUT2D eigenvalue weighted by atomic mass is 35.5. The highest BCUT2D eigenvalue weighted by Crippen LogP contribution is 2.56. The minimum absolute atomic E-state index is 0.0000101. The topological polar surface area (TPSA) is 131 Å². The van der Waals surface area contributed by atoms with Crippen molar-refractivity contribution in [2.45, 2.75) is 31.8 Å². The fourth-order valence-electron chi connectivity index (χ4n) is 6.08. The van der Waals surface area contributed by atoms with E-state index in [2.05, 4.69) is 5.32 Å². The van der Waals surface area contributed by atoms with E-state index in [9.17, 15) is 19.2 Å². The van der Waals surface area contributed by atoms with Crippen molar-refractivity contribution in [3.63, 3.8) is 0 Å². The van der Waals surface area contributed by atoms with Crippen LogP contribution in [0.4, 0.5) is 5.82 Å². The van der Waals surface area contributed by atoms with Gasteiger partial charge in [0.05, 0.1) is 25.7 Å². The number of carbonyl (C=O) groups excluding carboxylic acids is 2. The standard InChI is InChI=1S/C28H26ClN3O8/c1-11-9-13-17(23(33)28(11)24(34)19-15(37-5)10-16(38-6)21(29)22(19)40-28)18(14-8-7-12(2)39-14)20-25(30-13)31(3)27(36)32(4)26(20)35/h7-8,10-11,18,30H,9H2,1-6H3. The molecule has 3 atom stereocenters. The Labute approximate surface area is 232 Å². The molecule has 3 aromatic rings. The summed E-state index contributed by atoms with van der Waals surface area (Å²) in [5.74, 6) is -1.37. The lowest BCUT2D eigenvalue weighted by atomic mass is 9.66. The highest BCUT2D eigenvalue weighted by Gasteiger charge is 2.64. The lowest BCUT2D eigenvalue weighted by Gasteiger charge is -2.42. The Bertz CT molecular complexity index is 1810. The van der Waals surface area contributed by atoms with Crippen molar-refractivity contribution in [3.8, 4) is 17.2 Å². The summed E-state index contributed by atoms with van der Waals surface area (Å²) in [5, 5.41) is 3.21. The Morgan fingerprint density at radius 3 is 2.38 bits per heavy atom. The molecule has 0 saturated heterocycles. The zero-order valence-electron chi connectivity index (χ0n) is 22.6. The molecule has 3 unspecified atom stereocenters. The lowest BCUT2D eigenvalue weighted by molar-refractivity contribution is -0.130. The zero-order chi connectivity index (χ0) is 28.8. The van der Waals surface area contributed by atoms with Crippen LogP contribution in [-0.4, -0.2) is 40.5 Å². The maximum atomic E-state index is 14.7. The molecular formula is C28H26ClN3O8. The number of nitrogens with one attached hydrogen (secondary N) is 1. The van der Waals surface area contributed by atoms with E-state index in [1.54, 1.807) is 33.0 Å². The van der Waals surface area contributed by atoms with Crippen molar-refractivity contribution >= 4 is 29.0 Å². The van der Waals surface area contributed by atoms with Gasteiger partial charge in [0.1, 0.15) is 39.4 Å². The Morgan fingerprint density at radius 1 is 1.05 bits per heavy atom. The van der Waals surface area contributed by atoms with Crippen molar-refractivity contribution in [2.24, 2.45) is 20.0 Å². The molecule has 3 aliphatic rings. The van der Waals surface area contributed by atoms with Crippen molar-refractivity contribution in [2.75, 3.05) is 19.5 Å². The number of carbonyl (C=O) groups is 2. The minimum atomic E-state index is -1.98. The molecule has 0 radical (unpaired) electrons. The Morgan fingerprint density at radius 2 is 1.75 bits per heavy atom. The minimum Gasteiger partial charge on any atom is -0.496 e. The summed E-state index contributed by atoms with van der Waals surface area (Å²) < 4.78 is 25.4. The van der Waals surface area contributed by atoms with Gasteiger partial charge in [0.15, 0.2) is 5.75 Å². The van der Waals surface area contributed by atoms with Crippen LogP contribution < -0.4 is 30.8 Å². The number of hydrogen-bond donors (Lipinski definition) is 1. The summed E-state index contributed by atoms with van der Waals surface area (Å²) in [6, 6.07) is 4.87. The molecule has 0 bridgehead atoms. The molecule has 1 spiro atoms. The number of ether oxygens (including phenoxy) is 3. The van der Waals surface area contributed by atoms with E-state index in [4.69, 9.17) is 30.2 Å². The van der Waals surface area contributed by atoms with Crippen LogP contribution in [0.2, 0.25) is 5.02 Å². The first-order valence-electron chi connectivity index (χ1n) is 12.6. The Balaban J connectivity index is 1.61. The van der Waals surface area contributed by atoms with E-state index in [1.807, 2.05) is 0 Å². The van der Waals surface area contributed by atoms with Crippen LogP contribution in [0.15, 0.2) is 43.5 Å². The number of ketones is 2. The number of allylic oxidation sites excluding steroid dienone is 1. The van der Waals surface area contributed by atoms with Crippen LogP contribution in [0.1, 0.15) is 46.7 Å². The van der Waals surface area contributed by atoms with E-state index < -0.39 is 40.3 Å². The largest absolute Gasteiger partial charge is 0.496 e. The smallest absolute Gasteiger partial charge is 0.332 e. The number of nitrogens with zero attached hydrogens (tertiary/aromatic N) is 2. The second-order valence-electron chi connectivity index (χ2n) is 10.3. The number of rotatable bonds is 3. The number of hydrogen-bond acceptors (Lipinski definition) is 9. The summed E-state index contributed by atoms with van der Waals surface area (Å²) in [6.45, 7) is 3.48. The van der Waals surface area contributed by atoms with Crippen molar-refractivity contribution in [1.29, 1.82) is 0 Å². The van der Waals surface area contributed by atoms with Crippen molar-refractivity contribution in [1.82, 2.24) is 9.13 Å². The van der Waals surface area contributed by atoms with Gasteiger partial charge in [0.2, 0.25) is 17.2 Å². The number of anilines is 1. The Hall–Kier alpha value is -4.25. The summed E-state index contributed by atoms with van der Waals surface area (Å²) >= 11 is 6.56. The number of benzene rings is 1. The van der Waals surface area contributed by atoms with Gasteiger partial charge in [0, 0.05) is 37.3 Å². The number of fused-ring (bicyclic) bond motifs is 2. The maximum Gasteiger partial charge on any atom is 0.332 e. The number of methoxy groups -OCH3 is 2. The summed E-state index contributed by atoms with van der Waals surface area (Å²) in [4.78, 5) is 55.3. The van der Waals surface area contributed by atoms with Gasteiger partial charge in [-0.2, -0.15) is 0 Å². The van der Waals surface area contributed by atoms with Crippen molar-refractivity contribution < 1.29 is 28.2 Å². The fourth-order valence-corrected chi connectivity index (χ4v) is 6.35. The zero-order valence-corrected chi connectivity index (χ0v) is 23.4. The van der Waals surface area contributed by atoms with E-state index in [0.29, 0.717) is 17.2 Å². The van der Waals surface area contributed by atoms with Crippen LogP contribution in [0.3, 0.4) is 0 Å². The van der Waals surface area contributed by atoms with Gasteiger partial charge in [-0.15, -0.1) is 0 Å². The SMILES string of the molecule is COc1cc(OC)c2c(c1Cl)OC1(C(=O)C3=C(CC1C)Nc1c(c(=O)n(C)c(=O)n1C)C3c1ccc(C)o1)C2=O. The first-order chi connectivity index (χ1) is 19.0. The van der Waals surface area contributed by atoms with E-state index >= 15 is 0 Å². The van der Waals surface area contributed by atoms with Gasteiger partial charge >= 0.3 is 5.69 Å². The molecular weight excluding hydrogens is 542 g/mol. The molecule has 0 saturated carbocycles. The van der Waals surface area contributed by atoms with Gasteiger partial charge in [-0.25, -0.2) is 4.79 Å². The second-order valence-corrected chi connectivity index (χ2v) is 10.6. The number of aromatic nitrogens is 2. The van der Waals surface area contributed by atoms with Gasteiger partial charge in [-0.05, 0) is 25.5 Å². The van der Waals surface area contributed by atoms with Gasteiger partial charge in [0.25, 0.3) is 5.56 Å². The maximum absolute atomic E-state index is 14.7. The average molecular weight is 568 g/mol. The number of furan rings is 1. The van der Waals surface area contributed by atoms with Gasteiger partial charge < -0.3 is 23.9 Å². The van der Waals surface area contributed by atoms with E-state index in [-0.39, 0.29) is 51.2 Å². The monoisotopic (exact) mass is 567 g/mol. The molecule has 1 aliphatic carbocycles. The van der Waals surface area contributed by atoms with Crippen LogP contribution >= 0.6 is 11.6 Å². The molecule has 4 heterocycles. The fraction of sp³-hybridized carbons (Fsp3) is 0.357. The third kappa shape index (κ3) is 3.12. The van der Waals surface area contributed by atoms with Crippen molar-refractivity contribution in [3.05, 3.63) is 78.0 Å². The number of aryl methyl sites for hydroxylation is 1. The van der Waals surface area contributed by atoms with Crippen LogP contribution in [-0.2, 0) is 18.9 Å². The normalized spacial score (nSPS) is 23.0. The predicted octanol–water partition coefficient (Wildman–Crippen LogP) is 3.09. The third-order valence-corrected chi connectivity index (χ3v) is 8.48. The first-order valence-corrected chi connectivity index (χ1v) is 12.9. The predicted molar refractivity (Wildman–Crippen MR) is 144 cm³/mol. The molecule has 1 aromatic carbocycles. The molecule has 2 aliphatic heterocycles. The summed E-state index contributed by atoms with van der Waals surface area (Å²) in [6.07, 6.45) is 0.191. The average Bonchev–Trinajstić information content (AvgIpc) is 3.51. The molecule has 0 amide bonds. The third-order valence-electron chi connectivity index (χ3n) is 8.12. The first kappa shape index (κ1) is 26.0. The Kier molecular flexibility index (Phi) is 5.60. The molecule has 6 rings (SSSR count). The lowest BCUT2D eigenvalue weighted by Crippen LogP contribution is -2.58. The number of Topliss-reactive ketones (excluding diaryl/α,β-unsaturated/α-hetero) is 2. The van der Waals surface area contributed by atoms with Gasteiger partial charge in [-0.1, -0.05) is 18.5 Å².